The van der Waals surface area contributed by atoms with E-state index in [1.54, 1.807) is 43.5 Å². The van der Waals surface area contributed by atoms with Crippen molar-refractivity contribution < 1.29 is 18.7 Å². The molecule has 1 heterocycles. The number of carbonyl (C=O) groups excluding carboxylic acids is 2. The number of nitrogens with one attached hydrogen (secondary N) is 1. The van der Waals surface area contributed by atoms with Gasteiger partial charge in [-0.15, -0.1) is 0 Å². The van der Waals surface area contributed by atoms with E-state index < -0.39 is 17.8 Å². The first-order chi connectivity index (χ1) is 16.9. The average Bonchev–Trinajstić information content (AvgIpc) is 3.49. The highest BCUT2D eigenvalue weighted by molar-refractivity contribution is 7.11. The van der Waals surface area contributed by atoms with Gasteiger partial charge in [-0.05, 0) is 59.8 Å². The molecule has 35 heavy (non-hydrogen) atoms. The second-order valence-electron chi connectivity index (χ2n) is 8.34. The number of benzene rings is 2. The first-order valence-electron chi connectivity index (χ1n) is 11.2. The van der Waals surface area contributed by atoms with Crippen molar-refractivity contribution >= 4 is 46.5 Å². The number of ether oxygens (including phenoxy) is 1. The van der Waals surface area contributed by atoms with E-state index in [9.17, 15) is 14.0 Å². The quantitative estimate of drug-likeness (QED) is 0.381. The summed E-state index contributed by atoms with van der Waals surface area (Å²) < 4.78 is 23.1. The lowest BCUT2D eigenvalue weighted by Crippen LogP contribution is -2.46. The Kier molecular flexibility index (Phi) is 8.26. The maximum atomic E-state index is 13.8. The number of amides is 2. The van der Waals surface area contributed by atoms with E-state index >= 15 is 0 Å². The molecular weight excluding hydrogens is 512 g/mol. The second kappa shape index (κ2) is 11.4. The lowest BCUT2D eigenvalue weighted by atomic mass is 10.0. The van der Waals surface area contributed by atoms with Crippen molar-refractivity contribution in [2.24, 2.45) is 0 Å². The Balaban J connectivity index is 1.77. The van der Waals surface area contributed by atoms with Crippen LogP contribution in [0.4, 0.5) is 4.39 Å². The summed E-state index contributed by atoms with van der Waals surface area (Å²) in [4.78, 5) is 28.9. The first kappa shape index (κ1) is 25.4. The van der Waals surface area contributed by atoms with Crippen LogP contribution < -0.4 is 10.1 Å². The third-order valence-corrected chi connectivity index (χ3v) is 7.63. The van der Waals surface area contributed by atoms with Gasteiger partial charge < -0.3 is 15.0 Å². The van der Waals surface area contributed by atoms with E-state index in [4.69, 9.17) is 27.9 Å². The molecule has 4 rings (SSSR count). The van der Waals surface area contributed by atoms with E-state index in [1.165, 1.54) is 17.0 Å². The summed E-state index contributed by atoms with van der Waals surface area (Å²) in [5.74, 6) is -0.638. The Morgan fingerprint density at radius 2 is 1.80 bits per heavy atom. The zero-order valence-corrected chi connectivity index (χ0v) is 21.3. The molecule has 1 fully saturated rings. The maximum Gasteiger partial charge on any atom is 0.276 e. The molecule has 0 aliphatic heterocycles. The van der Waals surface area contributed by atoms with Gasteiger partial charge in [0.1, 0.15) is 27.0 Å². The molecule has 1 N–H and O–H groups in total. The molecule has 0 bridgehead atoms. The summed E-state index contributed by atoms with van der Waals surface area (Å²) >= 11 is 13.3. The van der Waals surface area contributed by atoms with Gasteiger partial charge in [0.2, 0.25) is 5.91 Å². The number of nitrogens with zero attached hydrogens (tertiary/aromatic N) is 2. The van der Waals surface area contributed by atoms with E-state index in [0.29, 0.717) is 16.9 Å². The highest BCUT2D eigenvalue weighted by atomic mass is 35.5. The second-order valence-corrected chi connectivity index (χ2v) is 10.1. The first-order valence-corrected chi connectivity index (χ1v) is 12.7. The summed E-state index contributed by atoms with van der Waals surface area (Å²) in [6.07, 6.45) is 3.87. The van der Waals surface area contributed by atoms with Crippen molar-refractivity contribution in [3.8, 4) is 5.75 Å². The Morgan fingerprint density at radius 3 is 2.37 bits per heavy atom. The number of aromatic nitrogens is 1. The molecule has 1 aliphatic rings. The zero-order valence-electron chi connectivity index (χ0n) is 19.0. The van der Waals surface area contributed by atoms with Crippen LogP contribution in [0.1, 0.15) is 53.3 Å². The summed E-state index contributed by atoms with van der Waals surface area (Å²) in [6.45, 7) is 0.0272. The van der Waals surface area contributed by atoms with Crippen molar-refractivity contribution in [2.75, 3.05) is 7.11 Å². The van der Waals surface area contributed by atoms with Gasteiger partial charge in [-0.25, -0.2) is 4.39 Å². The fraction of sp³-hybridized carbons (Fsp3) is 0.320. The number of methoxy groups -OCH3 is 1. The Morgan fingerprint density at radius 1 is 1.14 bits per heavy atom. The van der Waals surface area contributed by atoms with Gasteiger partial charge in [-0.2, -0.15) is 4.37 Å². The fourth-order valence-electron chi connectivity index (χ4n) is 4.20. The molecule has 6 nitrogen and oxygen atoms in total. The molecular formula is C25H24Cl2FN3O3S. The smallest absolute Gasteiger partial charge is 0.276 e. The lowest BCUT2D eigenvalue weighted by Gasteiger charge is -2.32. The van der Waals surface area contributed by atoms with Crippen LogP contribution in [0.3, 0.4) is 0 Å². The van der Waals surface area contributed by atoms with Crippen LogP contribution >= 0.6 is 34.7 Å². The van der Waals surface area contributed by atoms with Gasteiger partial charge in [-0.3, -0.25) is 9.59 Å². The Hall–Kier alpha value is -2.68. The maximum absolute atomic E-state index is 13.8. The average molecular weight is 536 g/mol. The molecule has 10 heteroatoms. The standard InChI is InChI=1S/C25H24Cl2FN3O3S/c1-34-19-12-8-16(9-13-19)22(24(32)29-18-4-2-3-5-18)31(14-15-6-10-17(28)11-7-15)25(33)21-20(26)23(27)35-30-21/h6-13,18,22H,2-5,14H2,1H3,(H,29,32). The molecule has 0 spiro atoms. The number of carbonyl (C=O) groups is 2. The number of halogens is 3. The third-order valence-electron chi connectivity index (χ3n) is 6.02. The van der Waals surface area contributed by atoms with Crippen LogP contribution in [0.2, 0.25) is 9.36 Å². The van der Waals surface area contributed by atoms with E-state index in [0.717, 1.165) is 37.2 Å². The largest absolute Gasteiger partial charge is 0.497 e. The van der Waals surface area contributed by atoms with Gasteiger partial charge in [0.05, 0.1) is 7.11 Å². The van der Waals surface area contributed by atoms with Crippen molar-refractivity contribution in [1.29, 1.82) is 0 Å². The van der Waals surface area contributed by atoms with E-state index in [-0.39, 0.29) is 33.5 Å². The number of rotatable bonds is 8. The summed E-state index contributed by atoms with van der Waals surface area (Å²) in [5.41, 5.74) is 1.20. The van der Waals surface area contributed by atoms with Crippen LogP contribution in [-0.4, -0.2) is 34.2 Å². The molecule has 1 aliphatic carbocycles. The predicted octanol–water partition coefficient (Wildman–Crippen LogP) is 6.04. The highest BCUT2D eigenvalue weighted by Crippen LogP contribution is 2.34. The molecule has 3 aromatic rings. The molecule has 1 saturated carbocycles. The minimum atomic E-state index is -0.990. The van der Waals surface area contributed by atoms with Gasteiger partial charge in [-0.1, -0.05) is 60.3 Å². The zero-order chi connectivity index (χ0) is 24.9. The minimum Gasteiger partial charge on any atom is -0.497 e. The van der Waals surface area contributed by atoms with Crippen LogP contribution in [-0.2, 0) is 11.3 Å². The molecule has 0 saturated heterocycles. The highest BCUT2D eigenvalue weighted by Gasteiger charge is 2.36. The molecule has 2 amide bonds. The van der Waals surface area contributed by atoms with Crippen LogP contribution in [0.5, 0.6) is 5.75 Å². The summed E-state index contributed by atoms with van der Waals surface area (Å²) in [6, 6.07) is 11.8. The summed E-state index contributed by atoms with van der Waals surface area (Å²) in [5, 5.41) is 3.14. The molecule has 0 radical (unpaired) electrons. The van der Waals surface area contributed by atoms with Crippen molar-refractivity contribution in [2.45, 2.75) is 44.3 Å². The SMILES string of the molecule is COc1ccc(C(C(=O)NC2CCCC2)N(Cc2ccc(F)cc2)C(=O)c2nsc(Cl)c2Cl)cc1. The van der Waals surface area contributed by atoms with E-state index in [2.05, 4.69) is 9.69 Å². The fourth-order valence-corrected chi connectivity index (χ4v) is 5.19. The van der Waals surface area contributed by atoms with E-state index in [1.807, 2.05) is 0 Å². The predicted molar refractivity (Wildman–Crippen MR) is 135 cm³/mol. The lowest BCUT2D eigenvalue weighted by molar-refractivity contribution is -0.126. The third kappa shape index (κ3) is 5.94. The normalized spacial score (nSPS) is 14.5. The van der Waals surface area contributed by atoms with Crippen LogP contribution in [0.25, 0.3) is 0 Å². The minimum absolute atomic E-state index is 0.0272. The number of hydrogen-bond donors (Lipinski definition) is 1. The topological polar surface area (TPSA) is 71.5 Å². The monoisotopic (exact) mass is 535 g/mol. The van der Waals surface area contributed by atoms with Gasteiger partial charge in [0, 0.05) is 12.6 Å². The van der Waals surface area contributed by atoms with Crippen molar-refractivity contribution in [3.63, 3.8) is 0 Å². The van der Waals surface area contributed by atoms with Crippen LogP contribution in [0.15, 0.2) is 48.5 Å². The van der Waals surface area contributed by atoms with Crippen molar-refractivity contribution in [3.05, 3.63) is 80.5 Å². The van der Waals surface area contributed by atoms with Gasteiger partial charge in [0.25, 0.3) is 5.91 Å². The Labute approximate surface area is 217 Å². The molecule has 1 atom stereocenters. The van der Waals surface area contributed by atoms with Gasteiger partial charge >= 0.3 is 0 Å². The van der Waals surface area contributed by atoms with Crippen LogP contribution in [0, 0.1) is 5.82 Å². The number of hydrogen-bond acceptors (Lipinski definition) is 5. The van der Waals surface area contributed by atoms with Gasteiger partial charge in [0.15, 0.2) is 5.69 Å². The molecule has 2 aromatic carbocycles. The Bertz CT molecular complexity index is 1180. The molecule has 1 unspecified atom stereocenters. The molecule has 1 aromatic heterocycles. The molecule has 184 valence electrons. The van der Waals surface area contributed by atoms with Crippen molar-refractivity contribution in [1.82, 2.24) is 14.6 Å². The summed E-state index contributed by atoms with van der Waals surface area (Å²) in [7, 11) is 1.55.